The first-order valence-corrected chi connectivity index (χ1v) is 9.50. The molecule has 1 amide bonds. The second kappa shape index (κ2) is 7.39. The highest BCUT2D eigenvalue weighted by Crippen LogP contribution is 2.19. The molecule has 0 aliphatic carbocycles. The van der Waals surface area contributed by atoms with Crippen molar-refractivity contribution in [3.05, 3.63) is 64.3 Å². The average Bonchev–Trinajstić information content (AvgIpc) is 2.85. The second-order valence-corrected chi connectivity index (χ2v) is 7.21. The SMILES string of the molecule is CN(Cc1cccc2ccccc12)C(=O)Cn1nc2n(c1=O)CCCCC2. The summed E-state index contributed by atoms with van der Waals surface area (Å²) in [5, 5.41) is 6.71. The third kappa shape index (κ3) is 3.52. The van der Waals surface area contributed by atoms with Crippen LogP contribution in [0.15, 0.2) is 47.3 Å². The van der Waals surface area contributed by atoms with Crippen LogP contribution in [-0.2, 0) is 30.8 Å². The lowest BCUT2D eigenvalue weighted by molar-refractivity contribution is -0.131. The highest BCUT2D eigenvalue weighted by molar-refractivity contribution is 5.86. The van der Waals surface area contributed by atoms with Gasteiger partial charge in [-0.2, -0.15) is 5.10 Å². The molecule has 27 heavy (non-hydrogen) atoms. The van der Waals surface area contributed by atoms with Crippen LogP contribution in [0, 0.1) is 0 Å². The molecule has 0 atom stereocenters. The number of carbonyl (C=O) groups excluding carboxylic acids is 1. The Morgan fingerprint density at radius 1 is 1.11 bits per heavy atom. The van der Waals surface area contributed by atoms with E-state index in [1.54, 1.807) is 16.5 Å². The van der Waals surface area contributed by atoms with Gasteiger partial charge >= 0.3 is 5.69 Å². The van der Waals surface area contributed by atoms with E-state index in [0.717, 1.165) is 47.8 Å². The van der Waals surface area contributed by atoms with Gasteiger partial charge < -0.3 is 4.90 Å². The topological polar surface area (TPSA) is 60.1 Å². The summed E-state index contributed by atoms with van der Waals surface area (Å²) in [7, 11) is 1.77. The molecule has 1 aliphatic rings. The molecule has 2 aromatic carbocycles. The monoisotopic (exact) mass is 364 g/mol. The Morgan fingerprint density at radius 3 is 2.81 bits per heavy atom. The van der Waals surface area contributed by atoms with E-state index in [9.17, 15) is 9.59 Å². The summed E-state index contributed by atoms with van der Waals surface area (Å²) in [6, 6.07) is 14.3. The Balaban J connectivity index is 1.51. The van der Waals surface area contributed by atoms with Crippen LogP contribution in [0.4, 0.5) is 0 Å². The lowest BCUT2D eigenvalue weighted by Crippen LogP contribution is -2.34. The fourth-order valence-corrected chi connectivity index (χ4v) is 3.75. The first kappa shape index (κ1) is 17.5. The van der Waals surface area contributed by atoms with Crippen molar-refractivity contribution in [1.29, 1.82) is 0 Å². The lowest BCUT2D eigenvalue weighted by Gasteiger charge is -2.18. The molecule has 0 saturated heterocycles. The fourth-order valence-electron chi connectivity index (χ4n) is 3.75. The molecule has 1 aromatic heterocycles. The van der Waals surface area contributed by atoms with Crippen molar-refractivity contribution in [2.45, 2.75) is 45.3 Å². The summed E-state index contributed by atoms with van der Waals surface area (Å²) in [5.41, 5.74) is 0.927. The molecule has 3 aromatic rings. The fraction of sp³-hybridized carbons (Fsp3) is 0.381. The van der Waals surface area contributed by atoms with Gasteiger partial charge in [-0.05, 0) is 29.2 Å². The van der Waals surface area contributed by atoms with Crippen LogP contribution in [0.5, 0.6) is 0 Å². The molecule has 0 fully saturated rings. The van der Waals surface area contributed by atoms with Crippen LogP contribution >= 0.6 is 0 Å². The Labute approximate surface area is 158 Å². The first-order valence-electron chi connectivity index (χ1n) is 9.50. The van der Waals surface area contributed by atoms with Crippen LogP contribution in [-0.4, -0.2) is 32.2 Å². The molecule has 6 heteroatoms. The lowest BCUT2D eigenvalue weighted by atomic mass is 10.0. The molecule has 0 radical (unpaired) electrons. The highest BCUT2D eigenvalue weighted by atomic mass is 16.2. The van der Waals surface area contributed by atoms with E-state index in [1.807, 2.05) is 24.3 Å². The Hall–Kier alpha value is -2.89. The predicted octanol–water partition coefficient (Wildman–Crippen LogP) is 2.58. The second-order valence-electron chi connectivity index (χ2n) is 7.21. The summed E-state index contributed by atoms with van der Waals surface area (Å²) in [4.78, 5) is 26.9. The van der Waals surface area contributed by atoms with Gasteiger partial charge in [0.25, 0.3) is 0 Å². The minimum Gasteiger partial charge on any atom is -0.340 e. The van der Waals surface area contributed by atoms with Gasteiger partial charge in [0, 0.05) is 26.6 Å². The van der Waals surface area contributed by atoms with Crippen molar-refractivity contribution in [2.24, 2.45) is 0 Å². The predicted molar refractivity (Wildman–Crippen MR) is 104 cm³/mol. The van der Waals surface area contributed by atoms with Crippen molar-refractivity contribution in [3.8, 4) is 0 Å². The number of likely N-dealkylation sites (N-methyl/N-ethyl adjacent to an activating group) is 1. The smallest absolute Gasteiger partial charge is 0.340 e. The number of hydrogen-bond donors (Lipinski definition) is 0. The molecule has 0 saturated carbocycles. The van der Waals surface area contributed by atoms with E-state index in [0.29, 0.717) is 13.1 Å². The number of hydrogen-bond acceptors (Lipinski definition) is 3. The van der Waals surface area contributed by atoms with Gasteiger partial charge in [-0.3, -0.25) is 9.36 Å². The van der Waals surface area contributed by atoms with E-state index < -0.39 is 0 Å². The zero-order valence-electron chi connectivity index (χ0n) is 15.6. The molecular weight excluding hydrogens is 340 g/mol. The number of nitrogens with zero attached hydrogens (tertiary/aromatic N) is 4. The Morgan fingerprint density at radius 2 is 1.93 bits per heavy atom. The quantitative estimate of drug-likeness (QED) is 0.715. The zero-order chi connectivity index (χ0) is 18.8. The number of fused-ring (bicyclic) bond motifs is 2. The van der Waals surface area contributed by atoms with Gasteiger partial charge in [-0.15, -0.1) is 0 Å². The van der Waals surface area contributed by atoms with Gasteiger partial charge in [0.1, 0.15) is 12.4 Å². The van der Waals surface area contributed by atoms with Crippen molar-refractivity contribution in [3.63, 3.8) is 0 Å². The van der Waals surface area contributed by atoms with Gasteiger partial charge in [0.15, 0.2) is 0 Å². The summed E-state index contributed by atoms with van der Waals surface area (Å²) in [6.07, 6.45) is 3.97. The van der Waals surface area contributed by atoms with Crippen LogP contribution < -0.4 is 5.69 Å². The largest absolute Gasteiger partial charge is 0.346 e. The van der Waals surface area contributed by atoms with Crippen molar-refractivity contribution >= 4 is 16.7 Å². The van der Waals surface area contributed by atoms with E-state index >= 15 is 0 Å². The summed E-state index contributed by atoms with van der Waals surface area (Å²) in [6.45, 7) is 1.19. The molecule has 4 rings (SSSR count). The molecule has 2 heterocycles. The maximum Gasteiger partial charge on any atom is 0.346 e. The summed E-state index contributed by atoms with van der Waals surface area (Å²) >= 11 is 0. The van der Waals surface area contributed by atoms with Gasteiger partial charge in [0.05, 0.1) is 0 Å². The van der Waals surface area contributed by atoms with Crippen molar-refractivity contribution in [1.82, 2.24) is 19.2 Å². The van der Waals surface area contributed by atoms with E-state index in [1.165, 1.54) is 4.68 Å². The van der Waals surface area contributed by atoms with E-state index in [-0.39, 0.29) is 18.1 Å². The number of carbonyl (C=O) groups is 1. The Bertz CT molecular complexity index is 1030. The molecule has 0 bridgehead atoms. The minimum absolute atomic E-state index is 0.0138. The molecular formula is C21H24N4O2. The van der Waals surface area contributed by atoms with Crippen LogP contribution in [0.25, 0.3) is 10.8 Å². The molecule has 140 valence electrons. The maximum absolute atomic E-state index is 12.7. The van der Waals surface area contributed by atoms with Gasteiger partial charge in [0.2, 0.25) is 5.91 Å². The normalized spacial score (nSPS) is 14.0. The zero-order valence-corrected chi connectivity index (χ0v) is 15.6. The van der Waals surface area contributed by atoms with Crippen molar-refractivity contribution < 1.29 is 4.79 Å². The van der Waals surface area contributed by atoms with E-state index in [2.05, 4.69) is 23.3 Å². The molecule has 6 nitrogen and oxygen atoms in total. The number of amides is 1. The standard InChI is InChI=1S/C21H24N4O2/c1-23(14-17-10-7-9-16-8-4-5-11-18(16)17)20(26)15-25-21(27)24-13-6-2-3-12-19(24)22-25/h4-5,7-11H,2-3,6,12-15H2,1H3. The van der Waals surface area contributed by atoms with Gasteiger partial charge in [-0.1, -0.05) is 48.9 Å². The van der Waals surface area contributed by atoms with Crippen LogP contribution in [0.2, 0.25) is 0 Å². The van der Waals surface area contributed by atoms with Crippen LogP contribution in [0.3, 0.4) is 0 Å². The molecule has 0 unspecified atom stereocenters. The molecule has 0 spiro atoms. The summed E-state index contributed by atoms with van der Waals surface area (Å²) < 4.78 is 3.05. The first-order chi connectivity index (χ1) is 13.1. The van der Waals surface area contributed by atoms with Crippen LogP contribution in [0.1, 0.15) is 30.7 Å². The molecule has 1 aliphatic heterocycles. The third-order valence-electron chi connectivity index (χ3n) is 5.28. The maximum atomic E-state index is 12.7. The number of rotatable bonds is 4. The highest BCUT2D eigenvalue weighted by Gasteiger charge is 2.19. The van der Waals surface area contributed by atoms with Crippen molar-refractivity contribution in [2.75, 3.05) is 7.05 Å². The van der Waals surface area contributed by atoms with Gasteiger partial charge in [-0.25, -0.2) is 9.48 Å². The minimum atomic E-state index is -0.168. The average molecular weight is 364 g/mol. The number of benzene rings is 2. The third-order valence-corrected chi connectivity index (χ3v) is 5.28. The summed E-state index contributed by atoms with van der Waals surface area (Å²) in [5.74, 6) is 0.695. The van der Waals surface area contributed by atoms with E-state index in [4.69, 9.17) is 0 Å². The Kier molecular flexibility index (Phi) is 4.79. The molecule has 0 N–H and O–H groups in total. The number of aromatic nitrogens is 3. The number of aryl methyl sites for hydroxylation is 1.